The van der Waals surface area contributed by atoms with Crippen LogP contribution in [-0.2, 0) is 4.74 Å². The molecular weight excluding hydrogens is 162 g/mol. The lowest BCUT2D eigenvalue weighted by Gasteiger charge is -2.05. The van der Waals surface area contributed by atoms with Gasteiger partial charge in [-0.25, -0.2) is 0 Å². The SMILES string of the molecule is COCCCCNCC1CC1(C)C. The van der Waals surface area contributed by atoms with Crippen molar-refractivity contribution in [1.82, 2.24) is 5.32 Å². The van der Waals surface area contributed by atoms with Crippen molar-refractivity contribution in [2.75, 3.05) is 26.8 Å². The van der Waals surface area contributed by atoms with Gasteiger partial charge >= 0.3 is 0 Å². The number of nitrogens with one attached hydrogen (secondary N) is 1. The fraction of sp³-hybridized carbons (Fsp3) is 1.00. The van der Waals surface area contributed by atoms with Gasteiger partial charge in [-0.15, -0.1) is 0 Å². The molecule has 0 spiro atoms. The number of ether oxygens (including phenoxy) is 1. The first-order chi connectivity index (χ1) is 6.17. The summed E-state index contributed by atoms with van der Waals surface area (Å²) in [6.45, 7) is 7.96. The van der Waals surface area contributed by atoms with Gasteiger partial charge in [0.15, 0.2) is 0 Å². The van der Waals surface area contributed by atoms with Gasteiger partial charge < -0.3 is 10.1 Å². The van der Waals surface area contributed by atoms with Crippen LogP contribution in [0.1, 0.15) is 33.1 Å². The lowest BCUT2D eigenvalue weighted by Crippen LogP contribution is -2.20. The molecule has 0 aromatic rings. The first-order valence-corrected chi connectivity index (χ1v) is 5.36. The maximum absolute atomic E-state index is 4.99. The first kappa shape index (κ1) is 11.0. The molecule has 0 heterocycles. The van der Waals surface area contributed by atoms with Crippen LogP contribution in [0, 0.1) is 11.3 Å². The lowest BCUT2D eigenvalue weighted by atomic mass is 10.1. The van der Waals surface area contributed by atoms with E-state index in [0.717, 1.165) is 19.1 Å². The van der Waals surface area contributed by atoms with Crippen molar-refractivity contribution in [2.24, 2.45) is 11.3 Å². The summed E-state index contributed by atoms with van der Waals surface area (Å²) >= 11 is 0. The molecule has 0 aromatic carbocycles. The van der Waals surface area contributed by atoms with Gasteiger partial charge in [-0.05, 0) is 43.7 Å². The Labute approximate surface area is 82.0 Å². The molecule has 1 aliphatic carbocycles. The van der Waals surface area contributed by atoms with E-state index in [1.807, 2.05) is 0 Å². The normalized spacial score (nSPS) is 24.7. The maximum Gasteiger partial charge on any atom is 0.0462 e. The van der Waals surface area contributed by atoms with Gasteiger partial charge in [0.25, 0.3) is 0 Å². The van der Waals surface area contributed by atoms with E-state index in [1.165, 1.54) is 25.8 Å². The third-order valence-corrected chi connectivity index (χ3v) is 3.06. The van der Waals surface area contributed by atoms with Gasteiger partial charge in [-0.1, -0.05) is 13.8 Å². The zero-order valence-electron chi connectivity index (χ0n) is 9.23. The molecule has 0 aromatic heterocycles. The standard InChI is InChI=1S/C11H23NO/c1-11(2)8-10(11)9-12-6-4-5-7-13-3/h10,12H,4-9H2,1-3H3. The molecule has 0 aliphatic heterocycles. The van der Waals surface area contributed by atoms with E-state index in [-0.39, 0.29) is 0 Å². The van der Waals surface area contributed by atoms with Crippen LogP contribution < -0.4 is 5.32 Å². The van der Waals surface area contributed by atoms with Crippen molar-refractivity contribution in [1.29, 1.82) is 0 Å². The van der Waals surface area contributed by atoms with Crippen LogP contribution in [0.3, 0.4) is 0 Å². The fourth-order valence-corrected chi connectivity index (χ4v) is 1.70. The van der Waals surface area contributed by atoms with E-state index in [0.29, 0.717) is 5.41 Å². The van der Waals surface area contributed by atoms with Gasteiger partial charge in [0.05, 0.1) is 0 Å². The molecule has 0 radical (unpaired) electrons. The van der Waals surface area contributed by atoms with Crippen molar-refractivity contribution < 1.29 is 4.74 Å². The summed E-state index contributed by atoms with van der Waals surface area (Å²) in [5, 5.41) is 3.51. The highest BCUT2D eigenvalue weighted by Crippen LogP contribution is 2.50. The third kappa shape index (κ3) is 4.10. The molecule has 2 heteroatoms. The van der Waals surface area contributed by atoms with Crippen LogP contribution in [0.5, 0.6) is 0 Å². The second-order valence-electron chi connectivity index (χ2n) is 4.79. The van der Waals surface area contributed by atoms with Gasteiger partial charge in [-0.3, -0.25) is 0 Å². The molecule has 1 aliphatic rings. The second-order valence-corrected chi connectivity index (χ2v) is 4.79. The van der Waals surface area contributed by atoms with E-state index in [9.17, 15) is 0 Å². The summed E-state index contributed by atoms with van der Waals surface area (Å²) in [5.41, 5.74) is 0.625. The second kappa shape index (κ2) is 4.97. The monoisotopic (exact) mass is 185 g/mol. The predicted molar refractivity (Wildman–Crippen MR) is 55.9 cm³/mol. The Morgan fingerprint density at radius 2 is 2.08 bits per heavy atom. The lowest BCUT2D eigenvalue weighted by molar-refractivity contribution is 0.192. The average molecular weight is 185 g/mol. The fourth-order valence-electron chi connectivity index (χ4n) is 1.70. The van der Waals surface area contributed by atoms with E-state index < -0.39 is 0 Å². The summed E-state index contributed by atoms with van der Waals surface area (Å²) in [4.78, 5) is 0. The van der Waals surface area contributed by atoms with Crippen molar-refractivity contribution in [2.45, 2.75) is 33.1 Å². The Bertz CT molecular complexity index is 145. The molecule has 1 atom stereocenters. The van der Waals surface area contributed by atoms with Crippen molar-refractivity contribution in [3.05, 3.63) is 0 Å². The number of hydrogen-bond donors (Lipinski definition) is 1. The molecule has 2 nitrogen and oxygen atoms in total. The number of methoxy groups -OCH3 is 1. The van der Waals surface area contributed by atoms with E-state index in [1.54, 1.807) is 7.11 Å². The van der Waals surface area contributed by atoms with E-state index >= 15 is 0 Å². The summed E-state index contributed by atoms with van der Waals surface area (Å²) in [5.74, 6) is 0.926. The largest absolute Gasteiger partial charge is 0.385 e. The third-order valence-electron chi connectivity index (χ3n) is 3.06. The van der Waals surface area contributed by atoms with Crippen molar-refractivity contribution in [3.63, 3.8) is 0 Å². The Balaban J connectivity index is 1.80. The van der Waals surface area contributed by atoms with Crippen molar-refractivity contribution >= 4 is 0 Å². The minimum absolute atomic E-state index is 0.625. The topological polar surface area (TPSA) is 21.3 Å². The number of rotatable bonds is 7. The maximum atomic E-state index is 4.99. The molecule has 1 fully saturated rings. The smallest absolute Gasteiger partial charge is 0.0462 e. The molecule has 0 saturated heterocycles. The molecular formula is C11H23NO. The molecule has 0 bridgehead atoms. The van der Waals surface area contributed by atoms with E-state index in [2.05, 4.69) is 19.2 Å². The van der Waals surface area contributed by atoms with Crippen LogP contribution >= 0.6 is 0 Å². The highest BCUT2D eigenvalue weighted by atomic mass is 16.5. The Morgan fingerprint density at radius 1 is 1.38 bits per heavy atom. The van der Waals surface area contributed by atoms with Crippen molar-refractivity contribution in [3.8, 4) is 0 Å². The first-order valence-electron chi connectivity index (χ1n) is 5.36. The minimum Gasteiger partial charge on any atom is -0.385 e. The highest BCUT2D eigenvalue weighted by Gasteiger charge is 2.44. The van der Waals surface area contributed by atoms with Gasteiger partial charge in [-0.2, -0.15) is 0 Å². The van der Waals surface area contributed by atoms with Gasteiger partial charge in [0.2, 0.25) is 0 Å². The quantitative estimate of drug-likeness (QED) is 0.613. The minimum atomic E-state index is 0.625. The molecule has 1 N–H and O–H groups in total. The summed E-state index contributed by atoms with van der Waals surface area (Å²) in [6.07, 6.45) is 3.82. The Kier molecular flexibility index (Phi) is 4.20. The number of hydrogen-bond acceptors (Lipinski definition) is 2. The van der Waals surface area contributed by atoms with E-state index in [4.69, 9.17) is 4.74 Å². The van der Waals surface area contributed by atoms with Crippen LogP contribution in [0.15, 0.2) is 0 Å². The van der Waals surface area contributed by atoms with Crippen LogP contribution in [0.25, 0.3) is 0 Å². The zero-order chi connectivity index (χ0) is 9.73. The van der Waals surface area contributed by atoms with Gasteiger partial charge in [0.1, 0.15) is 0 Å². The van der Waals surface area contributed by atoms with Gasteiger partial charge in [0, 0.05) is 13.7 Å². The van der Waals surface area contributed by atoms with Crippen LogP contribution in [0.4, 0.5) is 0 Å². The Morgan fingerprint density at radius 3 is 2.62 bits per heavy atom. The van der Waals surface area contributed by atoms with Crippen LogP contribution in [-0.4, -0.2) is 26.8 Å². The van der Waals surface area contributed by atoms with Crippen LogP contribution in [0.2, 0.25) is 0 Å². The summed E-state index contributed by atoms with van der Waals surface area (Å²) in [7, 11) is 1.76. The highest BCUT2D eigenvalue weighted by molar-refractivity contribution is 4.95. The molecule has 78 valence electrons. The molecule has 0 amide bonds. The number of unbranched alkanes of at least 4 members (excludes halogenated alkanes) is 1. The average Bonchev–Trinajstić information content (AvgIpc) is 2.67. The summed E-state index contributed by atoms with van der Waals surface area (Å²) in [6, 6.07) is 0. The summed E-state index contributed by atoms with van der Waals surface area (Å²) < 4.78 is 4.99. The molecule has 1 saturated carbocycles. The predicted octanol–water partition coefficient (Wildman–Crippen LogP) is 2.05. The molecule has 13 heavy (non-hydrogen) atoms. The molecule has 1 rings (SSSR count). The zero-order valence-corrected chi connectivity index (χ0v) is 9.23. The molecule has 1 unspecified atom stereocenters. The Hall–Kier alpha value is -0.0800.